The van der Waals surface area contributed by atoms with Crippen molar-refractivity contribution in [1.82, 2.24) is 4.90 Å². The zero-order valence-electron chi connectivity index (χ0n) is 10.6. The lowest BCUT2D eigenvalue weighted by molar-refractivity contribution is -0.141. The predicted octanol–water partition coefficient (Wildman–Crippen LogP) is 2.22. The molecule has 92 valence electrons. The van der Waals surface area contributed by atoms with E-state index in [9.17, 15) is 4.79 Å². The Kier molecular flexibility index (Phi) is 2.99. The van der Waals surface area contributed by atoms with Crippen LogP contribution in [0.25, 0.3) is 0 Å². The summed E-state index contributed by atoms with van der Waals surface area (Å²) >= 11 is 0. The quantitative estimate of drug-likeness (QED) is 0.783. The van der Waals surface area contributed by atoms with Crippen LogP contribution in [-0.2, 0) is 4.79 Å². The zero-order valence-corrected chi connectivity index (χ0v) is 10.6. The Morgan fingerprint density at radius 3 is 2.31 bits per heavy atom. The van der Waals surface area contributed by atoms with Crippen LogP contribution < -0.4 is 0 Å². The fourth-order valence-electron chi connectivity index (χ4n) is 2.87. The first kappa shape index (κ1) is 11.9. The van der Waals surface area contributed by atoms with Crippen molar-refractivity contribution in [1.29, 1.82) is 0 Å². The van der Waals surface area contributed by atoms with Gasteiger partial charge in [-0.2, -0.15) is 0 Å². The molecule has 1 N–H and O–H groups in total. The number of carboxylic acids is 1. The summed E-state index contributed by atoms with van der Waals surface area (Å²) in [6, 6.07) is 0.541. The third-order valence-corrected chi connectivity index (χ3v) is 4.41. The van der Waals surface area contributed by atoms with Crippen LogP contribution in [0.5, 0.6) is 0 Å². The van der Waals surface area contributed by atoms with Gasteiger partial charge in [-0.05, 0) is 30.6 Å². The topological polar surface area (TPSA) is 40.5 Å². The second-order valence-electron chi connectivity index (χ2n) is 6.52. The molecule has 3 heteroatoms. The van der Waals surface area contributed by atoms with E-state index < -0.39 is 5.97 Å². The summed E-state index contributed by atoms with van der Waals surface area (Å²) in [6.07, 6.45) is 2.82. The Morgan fingerprint density at radius 1 is 1.25 bits per heavy atom. The van der Waals surface area contributed by atoms with Crippen molar-refractivity contribution < 1.29 is 9.90 Å². The molecule has 2 rings (SSSR count). The second kappa shape index (κ2) is 4.02. The lowest BCUT2D eigenvalue weighted by atomic mass is 9.75. The molecule has 1 saturated heterocycles. The first-order valence-corrected chi connectivity index (χ1v) is 6.35. The molecule has 0 aromatic heterocycles. The predicted molar refractivity (Wildman–Crippen MR) is 63.3 cm³/mol. The van der Waals surface area contributed by atoms with Crippen molar-refractivity contribution in [3.8, 4) is 0 Å². The molecule has 2 fully saturated rings. The van der Waals surface area contributed by atoms with Crippen LogP contribution >= 0.6 is 0 Å². The van der Waals surface area contributed by atoms with Gasteiger partial charge in [-0.15, -0.1) is 0 Å². The third-order valence-electron chi connectivity index (χ3n) is 4.41. The van der Waals surface area contributed by atoms with Gasteiger partial charge in [-0.25, -0.2) is 0 Å². The molecule has 0 aromatic carbocycles. The van der Waals surface area contributed by atoms with Crippen molar-refractivity contribution in [2.24, 2.45) is 17.3 Å². The first-order chi connectivity index (χ1) is 7.38. The minimum Gasteiger partial charge on any atom is -0.481 e. The lowest BCUT2D eigenvalue weighted by Gasteiger charge is -2.49. The summed E-state index contributed by atoms with van der Waals surface area (Å²) < 4.78 is 0. The van der Waals surface area contributed by atoms with Gasteiger partial charge in [-0.1, -0.05) is 20.8 Å². The summed E-state index contributed by atoms with van der Waals surface area (Å²) in [7, 11) is 0. The first-order valence-electron chi connectivity index (χ1n) is 6.35. The highest BCUT2D eigenvalue weighted by atomic mass is 16.4. The SMILES string of the molecule is CC(C)(C)C1CN(C2CCC(C(=O)O)C2)C1. The van der Waals surface area contributed by atoms with Gasteiger partial charge in [-0.3, -0.25) is 9.69 Å². The number of rotatable bonds is 2. The van der Waals surface area contributed by atoms with Gasteiger partial charge in [0.1, 0.15) is 0 Å². The van der Waals surface area contributed by atoms with E-state index in [0.29, 0.717) is 11.5 Å². The molecule has 0 spiro atoms. The standard InChI is InChI=1S/C13H23NO2/c1-13(2,3)10-7-14(8-10)11-5-4-9(6-11)12(15)16/h9-11H,4-8H2,1-3H3,(H,15,16). The summed E-state index contributed by atoms with van der Waals surface area (Å²) in [6.45, 7) is 9.22. The van der Waals surface area contributed by atoms with Gasteiger partial charge in [0.25, 0.3) is 0 Å². The molecule has 16 heavy (non-hydrogen) atoms. The van der Waals surface area contributed by atoms with E-state index in [-0.39, 0.29) is 5.92 Å². The van der Waals surface area contributed by atoms with E-state index in [4.69, 9.17) is 5.11 Å². The van der Waals surface area contributed by atoms with Crippen molar-refractivity contribution in [2.45, 2.75) is 46.1 Å². The molecule has 1 aliphatic heterocycles. The Morgan fingerprint density at radius 2 is 1.88 bits per heavy atom. The van der Waals surface area contributed by atoms with Gasteiger partial charge in [0.05, 0.1) is 5.92 Å². The van der Waals surface area contributed by atoms with Crippen molar-refractivity contribution in [3.05, 3.63) is 0 Å². The third kappa shape index (κ3) is 2.24. The highest BCUT2D eigenvalue weighted by Crippen LogP contribution is 2.39. The normalized spacial score (nSPS) is 32.7. The Labute approximate surface area is 97.8 Å². The highest BCUT2D eigenvalue weighted by molar-refractivity contribution is 5.70. The van der Waals surface area contributed by atoms with E-state index >= 15 is 0 Å². The van der Waals surface area contributed by atoms with Crippen LogP contribution in [0.2, 0.25) is 0 Å². The van der Waals surface area contributed by atoms with Crippen molar-refractivity contribution in [3.63, 3.8) is 0 Å². The number of carbonyl (C=O) groups is 1. The molecule has 0 bridgehead atoms. The Bertz CT molecular complexity index is 276. The van der Waals surface area contributed by atoms with Gasteiger partial charge < -0.3 is 5.11 Å². The molecule has 1 heterocycles. The average Bonchev–Trinajstić information content (AvgIpc) is 2.46. The molecule has 2 atom stereocenters. The van der Waals surface area contributed by atoms with Gasteiger partial charge >= 0.3 is 5.97 Å². The summed E-state index contributed by atoms with van der Waals surface area (Å²) in [5, 5.41) is 8.97. The minimum atomic E-state index is -0.601. The van der Waals surface area contributed by atoms with Crippen LogP contribution in [0, 0.1) is 17.3 Å². The number of aliphatic carboxylic acids is 1. The molecule has 0 radical (unpaired) electrons. The maximum Gasteiger partial charge on any atom is 0.306 e. The van der Waals surface area contributed by atoms with Crippen molar-refractivity contribution in [2.75, 3.05) is 13.1 Å². The highest BCUT2D eigenvalue weighted by Gasteiger charge is 2.42. The van der Waals surface area contributed by atoms with Crippen LogP contribution in [-0.4, -0.2) is 35.1 Å². The van der Waals surface area contributed by atoms with Crippen LogP contribution in [0.4, 0.5) is 0 Å². The lowest BCUT2D eigenvalue weighted by Crippen LogP contribution is -2.55. The van der Waals surface area contributed by atoms with Gasteiger partial charge in [0.2, 0.25) is 0 Å². The summed E-state index contributed by atoms with van der Waals surface area (Å²) in [4.78, 5) is 13.4. The summed E-state index contributed by atoms with van der Waals surface area (Å²) in [5.74, 6) is 0.102. The van der Waals surface area contributed by atoms with Crippen LogP contribution in [0.3, 0.4) is 0 Å². The Hall–Kier alpha value is -0.570. The zero-order chi connectivity index (χ0) is 11.9. The van der Waals surface area contributed by atoms with E-state index in [1.807, 2.05) is 0 Å². The average molecular weight is 225 g/mol. The molecule has 0 aromatic rings. The van der Waals surface area contributed by atoms with E-state index in [1.165, 1.54) is 13.1 Å². The van der Waals surface area contributed by atoms with Gasteiger partial charge in [0.15, 0.2) is 0 Å². The molecule has 0 amide bonds. The Balaban J connectivity index is 1.79. The maximum absolute atomic E-state index is 10.9. The monoisotopic (exact) mass is 225 g/mol. The number of likely N-dealkylation sites (tertiary alicyclic amines) is 1. The number of carboxylic acid groups (broad SMARTS) is 1. The van der Waals surface area contributed by atoms with Crippen LogP contribution in [0.1, 0.15) is 40.0 Å². The fraction of sp³-hybridized carbons (Fsp3) is 0.923. The number of hydrogen-bond acceptors (Lipinski definition) is 2. The molecular formula is C13H23NO2. The molecule has 1 aliphatic carbocycles. The van der Waals surface area contributed by atoms with E-state index in [0.717, 1.165) is 25.2 Å². The van der Waals surface area contributed by atoms with E-state index in [1.54, 1.807) is 0 Å². The second-order valence-corrected chi connectivity index (χ2v) is 6.52. The molecule has 2 unspecified atom stereocenters. The maximum atomic E-state index is 10.9. The smallest absolute Gasteiger partial charge is 0.306 e. The summed E-state index contributed by atoms with van der Waals surface area (Å²) in [5.41, 5.74) is 0.404. The van der Waals surface area contributed by atoms with Gasteiger partial charge in [0, 0.05) is 19.1 Å². The molecule has 3 nitrogen and oxygen atoms in total. The van der Waals surface area contributed by atoms with Crippen molar-refractivity contribution >= 4 is 5.97 Å². The minimum absolute atomic E-state index is 0.0845. The van der Waals surface area contributed by atoms with E-state index in [2.05, 4.69) is 25.7 Å². The molecule has 1 saturated carbocycles. The van der Waals surface area contributed by atoms with Crippen LogP contribution in [0.15, 0.2) is 0 Å². The fourth-order valence-corrected chi connectivity index (χ4v) is 2.87. The molecule has 2 aliphatic rings. The largest absolute Gasteiger partial charge is 0.481 e. The number of nitrogens with zero attached hydrogens (tertiary/aromatic N) is 1. The molecular weight excluding hydrogens is 202 g/mol. The number of hydrogen-bond donors (Lipinski definition) is 1.